The standard InChI is InChI=1S/C21H20ClN3O5S/c1-31(29,30)24-11-5-4-8-18(24)19(26)23-13-9-10-17(16(22)12-13)25-20(27)14-6-2-3-7-15(14)21(25)28/h2-3,6-7,9-10,12,18H,4-5,8,11H2,1H3,(H,23,26). The van der Waals surface area contributed by atoms with Crippen LogP contribution in [-0.2, 0) is 14.8 Å². The van der Waals surface area contributed by atoms with Crippen molar-refractivity contribution in [3.63, 3.8) is 0 Å². The van der Waals surface area contributed by atoms with Crippen LogP contribution < -0.4 is 10.2 Å². The van der Waals surface area contributed by atoms with Gasteiger partial charge in [0.15, 0.2) is 0 Å². The van der Waals surface area contributed by atoms with E-state index in [-0.39, 0.29) is 10.7 Å². The number of anilines is 2. The highest BCUT2D eigenvalue weighted by Gasteiger charge is 2.38. The summed E-state index contributed by atoms with van der Waals surface area (Å²) >= 11 is 6.35. The molecule has 2 aromatic rings. The number of amides is 3. The van der Waals surface area contributed by atoms with Gasteiger partial charge in [-0.05, 0) is 43.2 Å². The Morgan fingerprint density at radius 2 is 1.71 bits per heavy atom. The largest absolute Gasteiger partial charge is 0.325 e. The van der Waals surface area contributed by atoms with Gasteiger partial charge in [0.1, 0.15) is 6.04 Å². The van der Waals surface area contributed by atoms with Crippen molar-refractivity contribution >= 4 is 50.7 Å². The van der Waals surface area contributed by atoms with E-state index in [0.717, 1.165) is 17.6 Å². The first-order valence-corrected chi connectivity index (χ1v) is 12.0. The summed E-state index contributed by atoms with van der Waals surface area (Å²) in [6, 6.07) is 10.2. The third kappa shape index (κ3) is 3.96. The quantitative estimate of drug-likeness (QED) is 0.705. The van der Waals surface area contributed by atoms with E-state index in [0.29, 0.717) is 36.2 Å². The van der Waals surface area contributed by atoms with Crippen LogP contribution in [0.25, 0.3) is 0 Å². The maximum Gasteiger partial charge on any atom is 0.266 e. The molecule has 0 bridgehead atoms. The van der Waals surface area contributed by atoms with Gasteiger partial charge in [0.2, 0.25) is 15.9 Å². The van der Waals surface area contributed by atoms with Crippen LogP contribution in [0.4, 0.5) is 11.4 Å². The lowest BCUT2D eigenvalue weighted by Gasteiger charge is -2.32. The number of hydrogen-bond acceptors (Lipinski definition) is 5. The second-order valence-electron chi connectivity index (χ2n) is 7.53. The summed E-state index contributed by atoms with van der Waals surface area (Å²) in [6.07, 6.45) is 2.98. The van der Waals surface area contributed by atoms with Gasteiger partial charge < -0.3 is 5.32 Å². The van der Waals surface area contributed by atoms with Gasteiger partial charge in [0.25, 0.3) is 11.8 Å². The number of nitrogens with zero attached hydrogens (tertiary/aromatic N) is 2. The van der Waals surface area contributed by atoms with Crippen molar-refractivity contribution in [1.29, 1.82) is 0 Å². The normalized spacial score (nSPS) is 19.4. The van der Waals surface area contributed by atoms with Gasteiger partial charge in [-0.25, -0.2) is 13.3 Å². The van der Waals surface area contributed by atoms with Crippen LogP contribution in [0.5, 0.6) is 0 Å². The Balaban J connectivity index is 1.55. The predicted octanol–water partition coefficient (Wildman–Crippen LogP) is 2.89. The molecule has 31 heavy (non-hydrogen) atoms. The maximum atomic E-state index is 12.8. The summed E-state index contributed by atoms with van der Waals surface area (Å²) in [7, 11) is -3.51. The lowest BCUT2D eigenvalue weighted by Crippen LogP contribution is -2.49. The average Bonchev–Trinajstić information content (AvgIpc) is 2.98. The number of carbonyl (C=O) groups is 3. The molecule has 2 aliphatic heterocycles. The zero-order chi connectivity index (χ0) is 22.3. The highest BCUT2D eigenvalue weighted by molar-refractivity contribution is 7.88. The van der Waals surface area contributed by atoms with Crippen molar-refractivity contribution in [3.8, 4) is 0 Å². The predicted molar refractivity (Wildman–Crippen MR) is 117 cm³/mol. The van der Waals surface area contributed by atoms with Crippen molar-refractivity contribution < 1.29 is 22.8 Å². The molecule has 10 heteroatoms. The van der Waals surface area contributed by atoms with E-state index in [9.17, 15) is 22.8 Å². The van der Waals surface area contributed by atoms with E-state index in [4.69, 9.17) is 11.6 Å². The lowest BCUT2D eigenvalue weighted by molar-refractivity contribution is -0.120. The Labute approximate surface area is 184 Å². The minimum absolute atomic E-state index is 0.107. The van der Waals surface area contributed by atoms with Gasteiger partial charge in [-0.3, -0.25) is 14.4 Å². The first-order valence-electron chi connectivity index (χ1n) is 9.73. The SMILES string of the molecule is CS(=O)(=O)N1CCCCC1C(=O)Nc1ccc(N2C(=O)c3ccccc3C2=O)c(Cl)c1. The molecule has 1 saturated heterocycles. The molecular formula is C21H20ClN3O5S. The van der Waals surface area contributed by atoms with Crippen molar-refractivity contribution in [2.45, 2.75) is 25.3 Å². The average molecular weight is 462 g/mol. The fourth-order valence-corrected chi connectivity index (χ4v) is 5.35. The Kier molecular flexibility index (Phi) is 5.59. The molecule has 0 saturated carbocycles. The molecule has 2 aliphatic rings. The molecule has 1 fully saturated rings. The Hall–Kier alpha value is -2.75. The monoisotopic (exact) mass is 461 g/mol. The molecule has 1 atom stereocenters. The molecule has 1 unspecified atom stereocenters. The number of imide groups is 1. The van der Waals surface area contributed by atoms with Crippen molar-refractivity contribution in [2.75, 3.05) is 23.0 Å². The molecule has 4 rings (SSSR count). The molecule has 8 nitrogen and oxygen atoms in total. The van der Waals surface area contributed by atoms with Crippen molar-refractivity contribution in [2.24, 2.45) is 0 Å². The second kappa shape index (κ2) is 8.07. The fourth-order valence-electron chi connectivity index (χ4n) is 3.96. The Morgan fingerprint density at radius 3 is 2.29 bits per heavy atom. The number of rotatable bonds is 4. The Morgan fingerprint density at radius 1 is 1.06 bits per heavy atom. The smallest absolute Gasteiger partial charge is 0.266 e. The lowest BCUT2D eigenvalue weighted by atomic mass is 10.0. The number of halogens is 1. The molecule has 162 valence electrons. The van der Waals surface area contributed by atoms with Gasteiger partial charge in [-0.15, -0.1) is 0 Å². The molecule has 1 N–H and O–H groups in total. The summed E-state index contributed by atoms with van der Waals surface area (Å²) < 4.78 is 25.2. The van der Waals surface area contributed by atoms with E-state index in [1.165, 1.54) is 22.5 Å². The van der Waals surface area contributed by atoms with Crippen LogP contribution in [0.3, 0.4) is 0 Å². The van der Waals surface area contributed by atoms with Crippen LogP contribution in [0, 0.1) is 0 Å². The van der Waals surface area contributed by atoms with E-state index in [1.807, 2.05) is 0 Å². The number of nitrogens with one attached hydrogen (secondary N) is 1. The number of benzene rings is 2. The number of fused-ring (bicyclic) bond motifs is 1. The minimum Gasteiger partial charge on any atom is -0.325 e. The molecule has 2 aromatic carbocycles. The van der Waals surface area contributed by atoms with E-state index >= 15 is 0 Å². The van der Waals surface area contributed by atoms with E-state index in [1.54, 1.807) is 24.3 Å². The van der Waals surface area contributed by atoms with Gasteiger partial charge in [0.05, 0.1) is 28.1 Å². The van der Waals surface area contributed by atoms with Crippen LogP contribution in [-0.4, -0.2) is 49.3 Å². The molecule has 0 aromatic heterocycles. The van der Waals surface area contributed by atoms with Gasteiger partial charge >= 0.3 is 0 Å². The van der Waals surface area contributed by atoms with Gasteiger partial charge in [-0.2, -0.15) is 4.31 Å². The summed E-state index contributed by atoms with van der Waals surface area (Å²) in [6.45, 7) is 0.302. The van der Waals surface area contributed by atoms with Crippen molar-refractivity contribution in [3.05, 3.63) is 58.6 Å². The first-order chi connectivity index (χ1) is 14.7. The topological polar surface area (TPSA) is 104 Å². The molecule has 0 aliphatic carbocycles. The summed E-state index contributed by atoms with van der Waals surface area (Å²) in [4.78, 5) is 39.1. The van der Waals surface area contributed by atoms with Crippen LogP contribution in [0.15, 0.2) is 42.5 Å². The zero-order valence-electron chi connectivity index (χ0n) is 16.7. The van der Waals surface area contributed by atoms with E-state index in [2.05, 4.69) is 5.32 Å². The molecule has 0 spiro atoms. The highest BCUT2D eigenvalue weighted by Crippen LogP contribution is 2.35. The van der Waals surface area contributed by atoms with E-state index < -0.39 is 33.8 Å². The number of sulfonamides is 1. The van der Waals surface area contributed by atoms with Crippen LogP contribution in [0.2, 0.25) is 5.02 Å². The minimum atomic E-state index is -3.51. The molecule has 0 radical (unpaired) electrons. The highest BCUT2D eigenvalue weighted by atomic mass is 35.5. The number of carbonyl (C=O) groups excluding carboxylic acids is 3. The third-order valence-electron chi connectivity index (χ3n) is 5.43. The first kappa shape index (κ1) is 21.5. The van der Waals surface area contributed by atoms with Crippen molar-refractivity contribution in [1.82, 2.24) is 4.31 Å². The summed E-state index contributed by atoms with van der Waals surface area (Å²) in [5.41, 5.74) is 1.16. The Bertz CT molecular complexity index is 1160. The van der Waals surface area contributed by atoms with Gasteiger partial charge in [0, 0.05) is 12.2 Å². The molecule has 2 heterocycles. The maximum absolute atomic E-state index is 12.8. The fraction of sp³-hybridized carbons (Fsp3) is 0.286. The second-order valence-corrected chi connectivity index (χ2v) is 9.87. The molecule has 3 amide bonds. The number of piperidine rings is 1. The number of hydrogen-bond donors (Lipinski definition) is 1. The van der Waals surface area contributed by atoms with Gasteiger partial charge in [-0.1, -0.05) is 30.2 Å². The zero-order valence-corrected chi connectivity index (χ0v) is 18.2. The molecular weight excluding hydrogens is 442 g/mol. The van der Waals surface area contributed by atoms with Crippen LogP contribution >= 0.6 is 11.6 Å². The third-order valence-corrected chi connectivity index (χ3v) is 7.02. The van der Waals surface area contributed by atoms with Crippen LogP contribution in [0.1, 0.15) is 40.0 Å². The summed E-state index contributed by atoms with van der Waals surface area (Å²) in [5, 5.41) is 2.80. The summed E-state index contributed by atoms with van der Waals surface area (Å²) in [5.74, 6) is -1.38.